The number of ether oxygens (including phenoxy) is 2. The van der Waals surface area contributed by atoms with Gasteiger partial charge in [-0.1, -0.05) is 11.3 Å². The van der Waals surface area contributed by atoms with Crippen LogP contribution in [-0.2, 0) is 0 Å². The zero-order valence-electron chi connectivity index (χ0n) is 18.7. The molecule has 3 aromatic heterocycles. The van der Waals surface area contributed by atoms with E-state index in [1.807, 2.05) is 43.3 Å². The van der Waals surface area contributed by atoms with Gasteiger partial charge >= 0.3 is 0 Å². The molecule has 0 atom stereocenters. The zero-order chi connectivity index (χ0) is 23.7. The highest BCUT2D eigenvalue weighted by atomic mass is 32.1. The molecule has 0 saturated carbocycles. The molecule has 5 rings (SSSR count). The Morgan fingerprint density at radius 2 is 1.94 bits per heavy atom. The quantitative estimate of drug-likeness (QED) is 0.347. The molecule has 9 heteroatoms. The highest BCUT2D eigenvalue weighted by Crippen LogP contribution is 2.33. The van der Waals surface area contributed by atoms with Gasteiger partial charge in [0.25, 0.3) is 5.91 Å². The molecule has 0 aliphatic carbocycles. The van der Waals surface area contributed by atoms with Crippen molar-refractivity contribution < 1.29 is 14.3 Å². The van der Waals surface area contributed by atoms with Crippen molar-refractivity contribution in [1.82, 2.24) is 20.2 Å². The van der Waals surface area contributed by atoms with E-state index in [9.17, 15) is 4.79 Å². The van der Waals surface area contributed by atoms with Gasteiger partial charge in [-0.25, -0.2) is 9.97 Å². The van der Waals surface area contributed by atoms with Crippen molar-refractivity contribution in [3.05, 3.63) is 72.1 Å². The van der Waals surface area contributed by atoms with Crippen LogP contribution >= 0.6 is 11.3 Å². The monoisotopic (exact) mass is 471 g/mol. The van der Waals surface area contributed by atoms with E-state index in [2.05, 4.69) is 25.5 Å². The number of fused-ring (bicyclic) bond motifs is 1. The number of hydrogen-bond donors (Lipinski definition) is 2. The number of nitrogens with one attached hydrogen (secondary N) is 2. The molecule has 0 unspecified atom stereocenters. The third kappa shape index (κ3) is 4.08. The summed E-state index contributed by atoms with van der Waals surface area (Å²) in [5.41, 5.74) is 5.13. The van der Waals surface area contributed by atoms with Crippen LogP contribution in [0.2, 0.25) is 0 Å². The summed E-state index contributed by atoms with van der Waals surface area (Å²) < 4.78 is 10.7. The van der Waals surface area contributed by atoms with E-state index in [-0.39, 0.29) is 5.91 Å². The Morgan fingerprint density at radius 3 is 2.71 bits per heavy atom. The maximum absolute atomic E-state index is 12.9. The van der Waals surface area contributed by atoms with E-state index in [0.717, 1.165) is 32.0 Å². The summed E-state index contributed by atoms with van der Waals surface area (Å²) in [5, 5.41) is 10.9. The Labute approximate surface area is 199 Å². The Morgan fingerprint density at radius 1 is 1.06 bits per heavy atom. The number of rotatable bonds is 6. The maximum Gasteiger partial charge on any atom is 0.273 e. The van der Waals surface area contributed by atoms with Crippen LogP contribution in [0.1, 0.15) is 16.1 Å². The Kier molecular flexibility index (Phi) is 5.69. The highest BCUT2D eigenvalue weighted by molar-refractivity contribution is 7.21. The molecule has 1 amide bonds. The van der Waals surface area contributed by atoms with Gasteiger partial charge in [-0.2, -0.15) is 5.10 Å². The molecule has 170 valence electrons. The highest BCUT2D eigenvalue weighted by Gasteiger charge is 2.16. The third-order valence-corrected chi connectivity index (χ3v) is 6.42. The molecule has 34 heavy (non-hydrogen) atoms. The summed E-state index contributed by atoms with van der Waals surface area (Å²) in [6, 6.07) is 16.8. The molecule has 0 fully saturated rings. The van der Waals surface area contributed by atoms with Gasteiger partial charge < -0.3 is 14.8 Å². The lowest BCUT2D eigenvalue weighted by Crippen LogP contribution is -2.13. The normalized spacial score (nSPS) is 10.9. The molecule has 0 saturated heterocycles. The number of pyridine rings is 1. The lowest BCUT2D eigenvalue weighted by atomic mass is 10.1. The first-order valence-electron chi connectivity index (χ1n) is 10.5. The molecule has 3 heterocycles. The minimum Gasteiger partial charge on any atom is -0.497 e. The standard InChI is InChI=1S/C25H21N5O3S/c1-14-11-15(24-28-19-5-4-10-26-25(19)34-24)6-8-18(14)27-23(31)21-13-20(29-30-21)17-12-16(32-2)7-9-22(17)33-3/h4-13H,1-3H3,(H,27,31)(H,29,30). The smallest absolute Gasteiger partial charge is 0.273 e. The number of benzene rings is 2. The van der Waals surface area contributed by atoms with Crippen molar-refractivity contribution in [2.24, 2.45) is 0 Å². The summed E-state index contributed by atoms with van der Waals surface area (Å²) in [4.78, 5) is 22.8. The average molecular weight is 472 g/mol. The lowest BCUT2D eigenvalue weighted by molar-refractivity contribution is 0.102. The largest absolute Gasteiger partial charge is 0.497 e. The van der Waals surface area contributed by atoms with Gasteiger partial charge in [0.15, 0.2) is 0 Å². The maximum atomic E-state index is 12.9. The van der Waals surface area contributed by atoms with Crippen molar-refractivity contribution in [1.29, 1.82) is 0 Å². The van der Waals surface area contributed by atoms with Crippen LogP contribution in [0.15, 0.2) is 60.8 Å². The first-order valence-corrected chi connectivity index (χ1v) is 11.3. The second-order valence-corrected chi connectivity index (χ2v) is 8.54. The van der Waals surface area contributed by atoms with Gasteiger partial charge in [-0.3, -0.25) is 9.89 Å². The summed E-state index contributed by atoms with van der Waals surface area (Å²) in [7, 11) is 3.18. The van der Waals surface area contributed by atoms with Gasteiger partial charge in [0.1, 0.15) is 32.5 Å². The molecular weight excluding hydrogens is 450 g/mol. The minimum absolute atomic E-state index is 0.291. The summed E-state index contributed by atoms with van der Waals surface area (Å²) >= 11 is 1.54. The number of amides is 1. The predicted octanol–water partition coefficient (Wildman–Crippen LogP) is 5.33. The molecule has 0 radical (unpaired) electrons. The molecule has 0 bridgehead atoms. The number of carbonyl (C=O) groups excluding carboxylic acids is 1. The number of aromatic nitrogens is 4. The van der Waals surface area contributed by atoms with Crippen molar-refractivity contribution >= 4 is 33.3 Å². The second kappa shape index (κ2) is 8.95. The first-order chi connectivity index (χ1) is 16.6. The van der Waals surface area contributed by atoms with E-state index in [0.29, 0.717) is 28.6 Å². The van der Waals surface area contributed by atoms with Crippen LogP contribution in [0.4, 0.5) is 5.69 Å². The van der Waals surface area contributed by atoms with Crippen LogP contribution in [0.3, 0.4) is 0 Å². The number of anilines is 1. The van der Waals surface area contributed by atoms with Crippen molar-refractivity contribution in [2.45, 2.75) is 6.92 Å². The van der Waals surface area contributed by atoms with Gasteiger partial charge in [0.2, 0.25) is 0 Å². The molecule has 2 aromatic carbocycles. The van der Waals surface area contributed by atoms with Gasteiger partial charge in [0.05, 0.1) is 19.9 Å². The minimum atomic E-state index is -0.291. The number of carbonyl (C=O) groups is 1. The third-order valence-electron chi connectivity index (χ3n) is 5.39. The van der Waals surface area contributed by atoms with E-state index in [1.165, 1.54) is 11.3 Å². The zero-order valence-corrected chi connectivity index (χ0v) is 19.6. The fourth-order valence-corrected chi connectivity index (χ4v) is 4.51. The van der Waals surface area contributed by atoms with Crippen LogP contribution in [-0.4, -0.2) is 40.3 Å². The van der Waals surface area contributed by atoms with Crippen molar-refractivity contribution in [3.8, 4) is 33.3 Å². The van der Waals surface area contributed by atoms with Gasteiger partial charge in [-0.15, -0.1) is 0 Å². The SMILES string of the molecule is COc1ccc(OC)c(-c2cc(C(=O)Nc3ccc(-c4nc5cccnc5s4)cc3C)[nH]n2)c1. The summed E-state index contributed by atoms with van der Waals surface area (Å²) in [6.07, 6.45) is 1.76. The Balaban J connectivity index is 1.36. The first kappa shape index (κ1) is 21.6. The van der Waals surface area contributed by atoms with Gasteiger partial charge in [-0.05, 0) is 67.1 Å². The van der Waals surface area contributed by atoms with E-state index < -0.39 is 0 Å². The molecular formula is C25H21N5O3S. The number of aromatic amines is 1. The Hall–Kier alpha value is -4.24. The number of thiazole rings is 1. The average Bonchev–Trinajstić information content (AvgIpc) is 3.52. The topological polar surface area (TPSA) is 102 Å². The molecule has 5 aromatic rings. The molecule has 8 nitrogen and oxygen atoms in total. The van der Waals surface area contributed by atoms with Crippen LogP contribution in [0, 0.1) is 6.92 Å². The van der Waals surface area contributed by atoms with E-state index >= 15 is 0 Å². The fraction of sp³-hybridized carbons (Fsp3) is 0.120. The number of H-pyrrole nitrogens is 1. The number of hydrogen-bond acceptors (Lipinski definition) is 7. The van der Waals surface area contributed by atoms with Crippen LogP contribution in [0.25, 0.3) is 32.2 Å². The number of aryl methyl sites for hydroxylation is 1. The molecule has 2 N–H and O–H groups in total. The summed E-state index contributed by atoms with van der Waals surface area (Å²) in [6.45, 7) is 1.95. The predicted molar refractivity (Wildman–Crippen MR) is 133 cm³/mol. The van der Waals surface area contributed by atoms with Crippen molar-refractivity contribution in [3.63, 3.8) is 0 Å². The Bertz CT molecular complexity index is 1470. The lowest BCUT2D eigenvalue weighted by Gasteiger charge is -2.09. The number of methoxy groups -OCH3 is 2. The fourth-order valence-electron chi connectivity index (χ4n) is 3.61. The summed E-state index contributed by atoms with van der Waals surface area (Å²) in [5.74, 6) is 1.01. The second-order valence-electron chi connectivity index (χ2n) is 7.56. The number of nitrogens with zero attached hydrogens (tertiary/aromatic N) is 3. The van der Waals surface area contributed by atoms with Crippen LogP contribution in [0.5, 0.6) is 11.5 Å². The van der Waals surface area contributed by atoms with Crippen LogP contribution < -0.4 is 14.8 Å². The van der Waals surface area contributed by atoms with E-state index in [1.54, 1.807) is 38.6 Å². The van der Waals surface area contributed by atoms with E-state index in [4.69, 9.17) is 9.47 Å². The van der Waals surface area contributed by atoms with Crippen molar-refractivity contribution in [2.75, 3.05) is 19.5 Å². The molecule has 0 aliphatic heterocycles. The molecule has 0 aliphatic rings. The van der Waals surface area contributed by atoms with Gasteiger partial charge in [0, 0.05) is 23.0 Å². The molecule has 0 spiro atoms.